The maximum Gasteiger partial charge on any atom is 0.339 e. The van der Waals surface area contributed by atoms with Crippen molar-refractivity contribution < 1.29 is 13.9 Å². The first-order valence-corrected chi connectivity index (χ1v) is 7.05. The summed E-state index contributed by atoms with van der Waals surface area (Å²) in [6.07, 6.45) is 0. The van der Waals surface area contributed by atoms with E-state index >= 15 is 0 Å². The Morgan fingerprint density at radius 1 is 1.30 bits per heavy atom. The minimum atomic E-state index is -0.387. The van der Waals surface area contributed by atoms with Crippen molar-refractivity contribution in [3.63, 3.8) is 0 Å². The number of esters is 1. The number of carbonyl (C=O) groups is 1. The minimum absolute atomic E-state index is 0.256. The second-order valence-corrected chi connectivity index (χ2v) is 5.29. The van der Waals surface area contributed by atoms with Gasteiger partial charge < -0.3 is 10.1 Å². The van der Waals surface area contributed by atoms with Gasteiger partial charge in [-0.3, -0.25) is 0 Å². The molecule has 0 saturated carbocycles. The van der Waals surface area contributed by atoms with Crippen molar-refractivity contribution in [3.05, 3.63) is 63.0 Å². The Morgan fingerprint density at radius 2 is 2.05 bits per heavy atom. The van der Waals surface area contributed by atoms with E-state index in [0.717, 1.165) is 9.13 Å². The molecule has 2 rings (SSSR count). The van der Waals surface area contributed by atoms with Crippen LogP contribution in [0, 0.1) is 9.39 Å². The van der Waals surface area contributed by atoms with Crippen molar-refractivity contribution in [1.82, 2.24) is 0 Å². The van der Waals surface area contributed by atoms with E-state index in [1.165, 1.54) is 19.2 Å². The third-order valence-electron chi connectivity index (χ3n) is 2.82. The molecule has 0 aliphatic rings. The molecule has 104 valence electrons. The number of hydrogen-bond acceptors (Lipinski definition) is 3. The second-order valence-electron chi connectivity index (χ2n) is 4.13. The zero-order valence-electron chi connectivity index (χ0n) is 10.8. The van der Waals surface area contributed by atoms with E-state index in [0.29, 0.717) is 17.8 Å². The van der Waals surface area contributed by atoms with Gasteiger partial charge in [0.15, 0.2) is 0 Å². The summed E-state index contributed by atoms with van der Waals surface area (Å²) in [7, 11) is 1.35. The Kier molecular flexibility index (Phi) is 4.94. The first-order valence-electron chi connectivity index (χ1n) is 5.97. The van der Waals surface area contributed by atoms with Crippen LogP contribution < -0.4 is 5.32 Å². The first kappa shape index (κ1) is 14.8. The number of benzene rings is 2. The zero-order valence-corrected chi connectivity index (χ0v) is 13.0. The van der Waals surface area contributed by atoms with Gasteiger partial charge in [0.2, 0.25) is 0 Å². The molecule has 0 bridgehead atoms. The van der Waals surface area contributed by atoms with Crippen LogP contribution in [-0.2, 0) is 11.3 Å². The monoisotopic (exact) mass is 385 g/mol. The maximum absolute atomic E-state index is 13.0. The van der Waals surface area contributed by atoms with Crippen LogP contribution in [0.3, 0.4) is 0 Å². The molecule has 0 atom stereocenters. The Morgan fingerprint density at radius 3 is 2.75 bits per heavy atom. The molecule has 0 fully saturated rings. The molecule has 0 heterocycles. The molecule has 20 heavy (non-hydrogen) atoms. The summed E-state index contributed by atoms with van der Waals surface area (Å²) in [5, 5.41) is 3.18. The summed E-state index contributed by atoms with van der Waals surface area (Å²) in [6.45, 7) is 0.507. The van der Waals surface area contributed by atoms with Crippen molar-refractivity contribution in [2.75, 3.05) is 12.4 Å². The van der Waals surface area contributed by atoms with Gasteiger partial charge in [0.05, 0.1) is 12.7 Å². The highest BCUT2D eigenvalue weighted by molar-refractivity contribution is 14.1. The number of methoxy groups -OCH3 is 1. The van der Waals surface area contributed by atoms with Gasteiger partial charge in [-0.2, -0.15) is 0 Å². The fourth-order valence-corrected chi connectivity index (χ4v) is 2.45. The van der Waals surface area contributed by atoms with E-state index in [1.54, 1.807) is 18.2 Å². The molecule has 2 aromatic carbocycles. The molecule has 0 saturated heterocycles. The smallest absolute Gasteiger partial charge is 0.339 e. The fraction of sp³-hybridized carbons (Fsp3) is 0.133. The summed E-state index contributed by atoms with van der Waals surface area (Å²) < 4.78 is 18.6. The van der Waals surface area contributed by atoms with Crippen molar-refractivity contribution >= 4 is 34.2 Å². The lowest BCUT2D eigenvalue weighted by atomic mass is 10.1. The van der Waals surface area contributed by atoms with Crippen molar-refractivity contribution in [3.8, 4) is 0 Å². The average molecular weight is 385 g/mol. The number of carbonyl (C=O) groups excluding carboxylic acids is 1. The Hall–Kier alpha value is -1.63. The molecule has 0 aromatic heterocycles. The highest BCUT2D eigenvalue weighted by Crippen LogP contribution is 2.19. The standard InChI is InChI=1S/C15H13FINO2/c1-20-15(19)12-4-2-3-5-14(12)18-9-10-6-7-11(16)8-13(10)17/h2-8,18H,9H2,1H3. The lowest BCUT2D eigenvalue weighted by Gasteiger charge is -2.11. The molecular formula is C15H13FINO2. The van der Waals surface area contributed by atoms with E-state index in [2.05, 4.69) is 27.9 Å². The number of ether oxygens (including phenoxy) is 1. The SMILES string of the molecule is COC(=O)c1ccccc1NCc1ccc(F)cc1I. The van der Waals surface area contributed by atoms with Crippen LogP contribution in [0.25, 0.3) is 0 Å². The van der Waals surface area contributed by atoms with Gasteiger partial charge in [-0.05, 0) is 52.4 Å². The predicted octanol–water partition coefficient (Wildman–Crippen LogP) is 3.83. The molecule has 0 radical (unpaired) electrons. The summed E-state index contributed by atoms with van der Waals surface area (Å²) in [6, 6.07) is 11.7. The number of hydrogen-bond donors (Lipinski definition) is 1. The van der Waals surface area contributed by atoms with E-state index < -0.39 is 0 Å². The fourth-order valence-electron chi connectivity index (χ4n) is 1.78. The molecule has 0 spiro atoms. The summed E-state index contributed by atoms with van der Waals surface area (Å²) >= 11 is 2.09. The van der Waals surface area contributed by atoms with Crippen LogP contribution in [0.2, 0.25) is 0 Å². The van der Waals surface area contributed by atoms with Crippen molar-refractivity contribution in [2.24, 2.45) is 0 Å². The van der Waals surface area contributed by atoms with E-state index in [4.69, 9.17) is 4.74 Å². The van der Waals surface area contributed by atoms with Crippen molar-refractivity contribution in [1.29, 1.82) is 0 Å². The number of para-hydroxylation sites is 1. The van der Waals surface area contributed by atoms with Gasteiger partial charge in [0, 0.05) is 15.8 Å². The third kappa shape index (κ3) is 3.47. The largest absolute Gasteiger partial charge is 0.465 e. The van der Waals surface area contributed by atoms with Gasteiger partial charge in [-0.1, -0.05) is 18.2 Å². The number of nitrogens with one attached hydrogen (secondary N) is 1. The third-order valence-corrected chi connectivity index (χ3v) is 3.82. The Balaban J connectivity index is 2.17. The molecular weight excluding hydrogens is 372 g/mol. The Bertz CT molecular complexity index is 631. The lowest BCUT2D eigenvalue weighted by Crippen LogP contribution is -2.08. The quantitative estimate of drug-likeness (QED) is 0.642. The molecule has 0 unspecified atom stereocenters. The van der Waals surface area contributed by atoms with E-state index in [-0.39, 0.29) is 11.8 Å². The molecule has 2 aromatic rings. The van der Waals surface area contributed by atoms with E-state index in [1.807, 2.05) is 12.1 Å². The van der Waals surface area contributed by atoms with Gasteiger partial charge in [-0.25, -0.2) is 9.18 Å². The predicted molar refractivity (Wildman–Crippen MR) is 84.2 cm³/mol. The van der Waals surface area contributed by atoms with Crippen LogP contribution in [0.5, 0.6) is 0 Å². The maximum atomic E-state index is 13.0. The zero-order chi connectivity index (χ0) is 14.5. The highest BCUT2D eigenvalue weighted by Gasteiger charge is 2.11. The summed E-state index contributed by atoms with van der Waals surface area (Å²) in [4.78, 5) is 11.6. The molecule has 0 amide bonds. The van der Waals surface area contributed by atoms with Crippen LogP contribution in [0.1, 0.15) is 15.9 Å². The molecule has 1 N–H and O–H groups in total. The number of halogens is 2. The van der Waals surface area contributed by atoms with Gasteiger partial charge in [-0.15, -0.1) is 0 Å². The molecule has 0 aliphatic heterocycles. The highest BCUT2D eigenvalue weighted by atomic mass is 127. The normalized spacial score (nSPS) is 10.2. The van der Waals surface area contributed by atoms with Crippen LogP contribution in [-0.4, -0.2) is 13.1 Å². The van der Waals surface area contributed by atoms with Gasteiger partial charge in [0.1, 0.15) is 5.82 Å². The molecule has 5 heteroatoms. The van der Waals surface area contributed by atoms with Crippen LogP contribution in [0.4, 0.5) is 10.1 Å². The molecule has 3 nitrogen and oxygen atoms in total. The summed E-state index contributed by atoms with van der Waals surface area (Å²) in [5.74, 6) is -0.644. The minimum Gasteiger partial charge on any atom is -0.465 e. The number of anilines is 1. The van der Waals surface area contributed by atoms with Gasteiger partial charge in [0.25, 0.3) is 0 Å². The number of rotatable bonds is 4. The average Bonchev–Trinajstić information content (AvgIpc) is 2.46. The van der Waals surface area contributed by atoms with Crippen LogP contribution >= 0.6 is 22.6 Å². The van der Waals surface area contributed by atoms with E-state index in [9.17, 15) is 9.18 Å². The summed E-state index contributed by atoms with van der Waals surface area (Å²) in [5.41, 5.74) is 2.14. The van der Waals surface area contributed by atoms with Gasteiger partial charge >= 0.3 is 5.97 Å². The lowest BCUT2D eigenvalue weighted by molar-refractivity contribution is 0.0602. The first-order chi connectivity index (χ1) is 9.61. The van der Waals surface area contributed by atoms with Crippen molar-refractivity contribution in [2.45, 2.75) is 6.54 Å². The Labute approximate surface area is 130 Å². The van der Waals surface area contributed by atoms with Crippen LogP contribution in [0.15, 0.2) is 42.5 Å². The topological polar surface area (TPSA) is 38.3 Å². The second kappa shape index (κ2) is 6.69. The molecule has 0 aliphatic carbocycles.